The maximum absolute atomic E-state index is 6.19. The highest BCUT2D eigenvalue weighted by molar-refractivity contribution is 5.05. The van der Waals surface area contributed by atoms with Gasteiger partial charge in [-0.25, -0.2) is 0 Å². The zero-order valence-corrected chi connectivity index (χ0v) is 9.47. The zero-order valence-electron chi connectivity index (χ0n) is 9.47. The summed E-state index contributed by atoms with van der Waals surface area (Å²) in [5.41, 5.74) is 6.42. The second kappa shape index (κ2) is 4.19. The Morgan fingerprint density at radius 1 is 1.29 bits per heavy atom. The first kappa shape index (κ1) is 10.4. The van der Waals surface area contributed by atoms with Gasteiger partial charge in [-0.05, 0) is 57.7 Å². The smallest absolute Gasteiger partial charge is 0.0184 e. The summed E-state index contributed by atoms with van der Waals surface area (Å²) in [4.78, 5) is 2.61. The van der Waals surface area contributed by atoms with E-state index in [1.54, 1.807) is 0 Å². The highest BCUT2D eigenvalue weighted by atomic mass is 15.1. The SMILES string of the molecule is CC1CC1(N)CCCN1CCCCC1. The Morgan fingerprint density at radius 3 is 2.50 bits per heavy atom. The fourth-order valence-electron chi connectivity index (χ4n) is 2.67. The number of hydrogen-bond acceptors (Lipinski definition) is 2. The van der Waals surface area contributed by atoms with Crippen molar-refractivity contribution < 1.29 is 0 Å². The molecule has 2 rings (SSSR count). The molecule has 2 nitrogen and oxygen atoms in total. The van der Waals surface area contributed by atoms with Crippen LogP contribution in [0.2, 0.25) is 0 Å². The van der Waals surface area contributed by atoms with E-state index in [0.29, 0.717) is 0 Å². The minimum Gasteiger partial charge on any atom is -0.325 e. The molecule has 82 valence electrons. The summed E-state index contributed by atoms with van der Waals surface area (Å²) < 4.78 is 0. The maximum Gasteiger partial charge on any atom is 0.0184 e. The first-order valence-corrected chi connectivity index (χ1v) is 6.22. The number of rotatable bonds is 4. The van der Waals surface area contributed by atoms with Crippen LogP contribution in [0.3, 0.4) is 0 Å². The van der Waals surface area contributed by atoms with Gasteiger partial charge in [0.25, 0.3) is 0 Å². The zero-order chi connectivity index (χ0) is 10.0. The van der Waals surface area contributed by atoms with Gasteiger partial charge in [0.2, 0.25) is 0 Å². The first-order valence-electron chi connectivity index (χ1n) is 6.22. The van der Waals surface area contributed by atoms with Crippen LogP contribution in [0, 0.1) is 5.92 Å². The monoisotopic (exact) mass is 196 g/mol. The summed E-state index contributed by atoms with van der Waals surface area (Å²) in [6, 6.07) is 0. The van der Waals surface area contributed by atoms with Crippen molar-refractivity contribution in [1.29, 1.82) is 0 Å². The molecule has 14 heavy (non-hydrogen) atoms. The topological polar surface area (TPSA) is 29.3 Å². The van der Waals surface area contributed by atoms with Crippen molar-refractivity contribution in [2.24, 2.45) is 11.7 Å². The van der Waals surface area contributed by atoms with Gasteiger partial charge in [-0.3, -0.25) is 0 Å². The van der Waals surface area contributed by atoms with Crippen molar-refractivity contribution >= 4 is 0 Å². The van der Waals surface area contributed by atoms with E-state index in [1.165, 1.54) is 58.2 Å². The van der Waals surface area contributed by atoms with Gasteiger partial charge in [0.15, 0.2) is 0 Å². The second-order valence-corrected chi connectivity index (χ2v) is 5.34. The molecule has 0 aromatic carbocycles. The molecular formula is C12H24N2. The van der Waals surface area contributed by atoms with Crippen molar-refractivity contribution in [3.63, 3.8) is 0 Å². The molecule has 1 aliphatic heterocycles. The maximum atomic E-state index is 6.19. The predicted octanol–water partition coefficient (Wildman–Crippen LogP) is 1.99. The Hall–Kier alpha value is -0.0800. The van der Waals surface area contributed by atoms with E-state index in [-0.39, 0.29) is 5.54 Å². The lowest BCUT2D eigenvalue weighted by Crippen LogP contribution is -2.32. The number of likely N-dealkylation sites (tertiary alicyclic amines) is 1. The van der Waals surface area contributed by atoms with Gasteiger partial charge in [-0.2, -0.15) is 0 Å². The number of nitrogens with two attached hydrogens (primary N) is 1. The normalized spacial score (nSPS) is 38.6. The van der Waals surface area contributed by atoms with Crippen LogP contribution >= 0.6 is 0 Å². The van der Waals surface area contributed by atoms with Crippen LogP contribution in [-0.4, -0.2) is 30.1 Å². The van der Waals surface area contributed by atoms with E-state index in [2.05, 4.69) is 11.8 Å². The van der Waals surface area contributed by atoms with Crippen LogP contribution in [0.5, 0.6) is 0 Å². The van der Waals surface area contributed by atoms with Crippen LogP contribution < -0.4 is 5.73 Å². The van der Waals surface area contributed by atoms with Gasteiger partial charge in [0.1, 0.15) is 0 Å². The summed E-state index contributed by atoms with van der Waals surface area (Å²) in [5.74, 6) is 0.781. The molecule has 2 aliphatic rings. The molecule has 2 N–H and O–H groups in total. The minimum absolute atomic E-state index is 0.232. The van der Waals surface area contributed by atoms with Crippen molar-refractivity contribution in [3.8, 4) is 0 Å². The first-order chi connectivity index (χ1) is 6.71. The number of piperidine rings is 1. The number of hydrogen-bond donors (Lipinski definition) is 1. The summed E-state index contributed by atoms with van der Waals surface area (Å²) in [7, 11) is 0. The highest BCUT2D eigenvalue weighted by Crippen LogP contribution is 2.43. The molecule has 1 heterocycles. The molecule has 0 aromatic heterocycles. The lowest BCUT2D eigenvalue weighted by Gasteiger charge is -2.26. The Labute approximate surface area is 87.8 Å². The molecule has 0 aromatic rings. The summed E-state index contributed by atoms with van der Waals surface area (Å²) >= 11 is 0. The lowest BCUT2D eigenvalue weighted by molar-refractivity contribution is 0.221. The lowest BCUT2D eigenvalue weighted by atomic mass is 10.1. The molecule has 2 heteroatoms. The van der Waals surface area contributed by atoms with Crippen LogP contribution in [0.1, 0.15) is 45.4 Å². The standard InChI is InChI=1S/C12H24N2/c1-11-10-12(11,13)6-5-9-14-7-3-2-4-8-14/h11H,2-10,13H2,1H3. The van der Waals surface area contributed by atoms with Crippen LogP contribution in [0.25, 0.3) is 0 Å². The molecule has 2 atom stereocenters. The van der Waals surface area contributed by atoms with Gasteiger partial charge in [0.05, 0.1) is 0 Å². The van der Waals surface area contributed by atoms with Gasteiger partial charge in [0, 0.05) is 5.54 Å². The molecular weight excluding hydrogens is 172 g/mol. The van der Waals surface area contributed by atoms with E-state index in [4.69, 9.17) is 5.73 Å². The van der Waals surface area contributed by atoms with Gasteiger partial charge in [-0.1, -0.05) is 13.3 Å². The average Bonchev–Trinajstić information content (AvgIpc) is 2.76. The molecule has 0 bridgehead atoms. The fraction of sp³-hybridized carbons (Fsp3) is 1.00. The Balaban J connectivity index is 1.58. The third-order valence-corrected chi connectivity index (χ3v) is 4.07. The number of nitrogens with zero attached hydrogens (tertiary/aromatic N) is 1. The Morgan fingerprint density at radius 2 is 1.93 bits per heavy atom. The Bertz CT molecular complexity index is 187. The minimum atomic E-state index is 0.232. The van der Waals surface area contributed by atoms with Crippen LogP contribution in [0.4, 0.5) is 0 Å². The van der Waals surface area contributed by atoms with E-state index in [0.717, 1.165) is 5.92 Å². The molecule has 2 unspecified atom stereocenters. The quantitative estimate of drug-likeness (QED) is 0.745. The molecule has 0 amide bonds. The molecule has 1 aliphatic carbocycles. The van der Waals surface area contributed by atoms with Crippen molar-refractivity contribution in [2.75, 3.05) is 19.6 Å². The second-order valence-electron chi connectivity index (χ2n) is 5.34. The average molecular weight is 196 g/mol. The molecule has 1 saturated heterocycles. The van der Waals surface area contributed by atoms with Crippen LogP contribution in [-0.2, 0) is 0 Å². The predicted molar refractivity (Wildman–Crippen MR) is 60.2 cm³/mol. The van der Waals surface area contributed by atoms with Gasteiger partial charge in [-0.15, -0.1) is 0 Å². The summed E-state index contributed by atoms with van der Waals surface area (Å²) in [6.45, 7) is 6.22. The van der Waals surface area contributed by atoms with Crippen molar-refractivity contribution in [1.82, 2.24) is 4.90 Å². The largest absolute Gasteiger partial charge is 0.325 e. The third kappa shape index (κ3) is 2.48. The third-order valence-electron chi connectivity index (χ3n) is 4.07. The molecule has 2 fully saturated rings. The Kier molecular flexibility index (Phi) is 3.13. The van der Waals surface area contributed by atoms with Crippen molar-refractivity contribution in [3.05, 3.63) is 0 Å². The molecule has 0 spiro atoms. The van der Waals surface area contributed by atoms with E-state index >= 15 is 0 Å². The van der Waals surface area contributed by atoms with Crippen molar-refractivity contribution in [2.45, 2.75) is 51.0 Å². The van der Waals surface area contributed by atoms with E-state index < -0.39 is 0 Å². The fourth-order valence-corrected chi connectivity index (χ4v) is 2.67. The molecule has 0 radical (unpaired) electrons. The van der Waals surface area contributed by atoms with Crippen LogP contribution in [0.15, 0.2) is 0 Å². The van der Waals surface area contributed by atoms with E-state index in [9.17, 15) is 0 Å². The summed E-state index contributed by atoms with van der Waals surface area (Å²) in [6.07, 6.45) is 8.06. The van der Waals surface area contributed by atoms with Gasteiger partial charge >= 0.3 is 0 Å². The summed E-state index contributed by atoms with van der Waals surface area (Å²) in [5, 5.41) is 0. The highest BCUT2D eigenvalue weighted by Gasteiger charge is 2.46. The molecule has 1 saturated carbocycles. The van der Waals surface area contributed by atoms with Gasteiger partial charge < -0.3 is 10.6 Å². The van der Waals surface area contributed by atoms with E-state index in [1.807, 2.05) is 0 Å².